The highest BCUT2D eigenvalue weighted by atomic mass is 16.5. The summed E-state index contributed by atoms with van der Waals surface area (Å²) < 4.78 is 5.19. The number of rotatable bonds is 4. The Kier molecular flexibility index (Phi) is 4.26. The fourth-order valence-electron chi connectivity index (χ4n) is 1.92. The number of carbonyl (C=O) groups is 2. The predicted octanol–water partition coefficient (Wildman–Crippen LogP) is 1.60. The van der Waals surface area contributed by atoms with Crippen LogP contribution in [0.5, 0.6) is 0 Å². The van der Waals surface area contributed by atoms with Crippen molar-refractivity contribution in [3.8, 4) is 0 Å². The molecule has 1 aliphatic rings. The third kappa shape index (κ3) is 3.22. The van der Waals surface area contributed by atoms with Gasteiger partial charge in [-0.05, 0) is 19.8 Å². The van der Waals surface area contributed by atoms with Crippen LogP contribution in [0.25, 0.3) is 0 Å². The van der Waals surface area contributed by atoms with Gasteiger partial charge in [0.15, 0.2) is 0 Å². The molecule has 1 aliphatic heterocycles. The Morgan fingerprint density at radius 2 is 1.93 bits per heavy atom. The van der Waals surface area contributed by atoms with E-state index in [9.17, 15) is 9.59 Å². The molecule has 0 aliphatic carbocycles. The van der Waals surface area contributed by atoms with Crippen molar-refractivity contribution in [1.29, 1.82) is 0 Å². The van der Waals surface area contributed by atoms with E-state index >= 15 is 0 Å². The molecule has 0 aromatic carbocycles. The third-order valence-corrected chi connectivity index (χ3v) is 2.70. The first-order chi connectivity index (χ1) is 6.61. The molecule has 0 radical (unpaired) electrons. The second-order valence-electron chi connectivity index (χ2n) is 4.10. The Hall–Kier alpha value is -0.700. The van der Waals surface area contributed by atoms with Gasteiger partial charge in [0.05, 0.1) is 0 Å². The molecule has 1 unspecified atom stereocenters. The molecule has 80 valence electrons. The van der Waals surface area contributed by atoms with Gasteiger partial charge in [0, 0.05) is 31.5 Å². The molecule has 0 amide bonds. The Morgan fingerprint density at radius 1 is 1.36 bits per heavy atom. The number of Topliss-reactive ketones (excluding diaryl/α,β-unsaturated/α-hetero) is 2. The highest BCUT2D eigenvalue weighted by molar-refractivity contribution is 5.88. The third-order valence-electron chi connectivity index (χ3n) is 2.70. The number of ketones is 2. The van der Waals surface area contributed by atoms with Crippen LogP contribution in [0.2, 0.25) is 0 Å². The molecule has 3 nitrogen and oxygen atoms in total. The Labute approximate surface area is 84.8 Å². The van der Waals surface area contributed by atoms with E-state index in [4.69, 9.17) is 4.74 Å². The Morgan fingerprint density at radius 3 is 2.43 bits per heavy atom. The zero-order chi connectivity index (χ0) is 10.6. The molecule has 0 spiro atoms. The highest BCUT2D eigenvalue weighted by Crippen LogP contribution is 2.21. The maximum atomic E-state index is 11.8. The van der Waals surface area contributed by atoms with Crippen molar-refractivity contribution < 1.29 is 14.3 Å². The summed E-state index contributed by atoms with van der Waals surface area (Å²) in [7, 11) is 0. The Bertz CT molecular complexity index is 217. The maximum Gasteiger partial charge on any atom is 0.139 e. The van der Waals surface area contributed by atoms with E-state index in [2.05, 4.69) is 0 Å². The number of ether oxygens (including phenoxy) is 1. The molecular weight excluding hydrogens is 180 g/mol. The van der Waals surface area contributed by atoms with E-state index in [-0.39, 0.29) is 23.4 Å². The number of carbonyl (C=O) groups excluding carboxylic acids is 2. The van der Waals surface area contributed by atoms with E-state index in [0.717, 1.165) is 12.8 Å². The summed E-state index contributed by atoms with van der Waals surface area (Å²) in [6.07, 6.45) is 2.03. The van der Waals surface area contributed by atoms with Gasteiger partial charge >= 0.3 is 0 Å². The normalized spacial score (nSPS) is 20.4. The van der Waals surface area contributed by atoms with Crippen molar-refractivity contribution in [2.45, 2.75) is 33.1 Å². The Balaban J connectivity index is 2.42. The lowest BCUT2D eigenvalue weighted by atomic mass is 9.86. The molecule has 0 bridgehead atoms. The summed E-state index contributed by atoms with van der Waals surface area (Å²) >= 11 is 0. The van der Waals surface area contributed by atoms with E-state index < -0.39 is 0 Å². The smallest absolute Gasteiger partial charge is 0.139 e. The van der Waals surface area contributed by atoms with Gasteiger partial charge in [-0.25, -0.2) is 0 Å². The number of hydrogen-bond acceptors (Lipinski definition) is 3. The second-order valence-corrected chi connectivity index (χ2v) is 4.10. The van der Waals surface area contributed by atoms with Gasteiger partial charge in [-0.3, -0.25) is 4.79 Å². The van der Waals surface area contributed by atoms with Crippen molar-refractivity contribution >= 4 is 11.6 Å². The van der Waals surface area contributed by atoms with Crippen LogP contribution in [0, 0.1) is 11.8 Å². The summed E-state index contributed by atoms with van der Waals surface area (Å²) in [5.41, 5.74) is 0. The van der Waals surface area contributed by atoms with Crippen molar-refractivity contribution in [2.24, 2.45) is 11.8 Å². The lowest BCUT2D eigenvalue weighted by Gasteiger charge is -2.23. The molecule has 0 aromatic rings. The summed E-state index contributed by atoms with van der Waals surface area (Å²) in [5.74, 6) is 0.343. The molecule has 0 saturated carbocycles. The summed E-state index contributed by atoms with van der Waals surface area (Å²) in [4.78, 5) is 22.7. The monoisotopic (exact) mass is 198 g/mol. The highest BCUT2D eigenvalue weighted by Gasteiger charge is 2.26. The minimum Gasteiger partial charge on any atom is -0.381 e. The minimum atomic E-state index is -0.115. The van der Waals surface area contributed by atoms with E-state index in [0.29, 0.717) is 19.6 Å². The molecule has 1 saturated heterocycles. The molecule has 1 fully saturated rings. The van der Waals surface area contributed by atoms with Crippen LogP contribution in [0.4, 0.5) is 0 Å². The first-order valence-corrected chi connectivity index (χ1v) is 5.22. The predicted molar refractivity (Wildman–Crippen MR) is 53.0 cm³/mol. The molecule has 0 N–H and O–H groups in total. The van der Waals surface area contributed by atoms with Gasteiger partial charge in [0.25, 0.3) is 0 Å². The molecule has 1 rings (SSSR count). The minimum absolute atomic E-state index is 0.0953. The maximum absolute atomic E-state index is 11.8. The van der Waals surface area contributed by atoms with E-state index in [1.54, 1.807) is 0 Å². The first kappa shape index (κ1) is 11.4. The fourth-order valence-corrected chi connectivity index (χ4v) is 1.92. The van der Waals surface area contributed by atoms with Crippen molar-refractivity contribution in [1.82, 2.24) is 0 Å². The fraction of sp³-hybridized carbons (Fsp3) is 0.818. The SMILES string of the molecule is CC(=O)CC(C)C(=O)C1CCOCC1. The summed E-state index contributed by atoms with van der Waals surface area (Å²) in [5, 5.41) is 0. The molecule has 0 aromatic heterocycles. The van der Waals surface area contributed by atoms with Crippen LogP contribution in [-0.2, 0) is 14.3 Å². The van der Waals surface area contributed by atoms with Gasteiger partial charge in [0.1, 0.15) is 11.6 Å². The van der Waals surface area contributed by atoms with Crippen LogP contribution < -0.4 is 0 Å². The van der Waals surface area contributed by atoms with Gasteiger partial charge in [-0.1, -0.05) is 6.92 Å². The molecule has 3 heteroatoms. The lowest BCUT2D eigenvalue weighted by molar-refractivity contribution is -0.132. The lowest BCUT2D eigenvalue weighted by Crippen LogP contribution is -2.28. The largest absolute Gasteiger partial charge is 0.381 e. The van der Waals surface area contributed by atoms with Crippen molar-refractivity contribution in [3.05, 3.63) is 0 Å². The average Bonchev–Trinajstić information content (AvgIpc) is 2.17. The van der Waals surface area contributed by atoms with Gasteiger partial charge < -0.3 is 9.53 Å². The zero-order valence-electron chi connectivity index (χ0n) is 8.91. The zero-order valence-corrected chi connectivity index (χ0v) is 8.91. The van der Waals surface area contributed by atoms with E-state index in [1.165, 1.54) is 6.92 Å². The quantitative estimate of drug-likeness (QED) is 0.689. The second kappa shape index (κ2) is 5.25. The van der Waals surface area contributed by atoms with Crippen LogP contribution in [0.1, 0.15) is 33.1 Å². The molecule has 14 heavy (non-hydrogen) atoms. The topological polar surface area (TPSA) is 43.4 Å². The van der Waals surface area contributed by atoms with Crippen LogP contribution in [0.3, 0.4) is 0 Å². The summed E-state index contributed by atoms with van der Waals surface area (Å²) in [6.45, 7) is 4.75. The van der Waals surface area contributed by atoms with Crippen LogP contribution in [-0.4, -0.2) is 24.8 Å². The van der Waals surface area contributed by atoms with Gasteiger partial charge in [-0.15, -0.1) is 0 Å². The average molecular weight is 198 g/mol. The van der Waals surface area contributed by atoms with Crippen molar-refractivity contribution in [2.75, 3.05) is 13.2 Å². The van der Waals surface area contributed by atoms with E-state index in [1.807, 2.05) is 6.92 Å². The van der Waals surface area contributed by atoms with Crippen LogP contribution >= 0.6 is 0 Å². The first-order valence-electron chi connectivity index (χ1n) is 5.22. The molecule has 1 atom stereocenters. The molecular formula is C11H18O3. The summed E-state index contributed by atoms with van der Waals surface area (Å²) in [6, 6.07) is 0. The standard InChI is InChI=1S/C11H18O3/c1-8(7-9(2)12)11(13)10-3-5-14-6-4-10/h8,10H,3-7H2,1-2H3. The number of hydrogen-bond donors (Lipinski definition) is 0. The van der Waals surface area contributed by atoms with Crippen LogP contribution in [0.15, 0.2) is 0 Å². The van der Waals surface area contributed by atoms with Gasteiger partial charge in [-0.2, -0.15) is 0 Å². The van der Waals surface area contributed by atoms with Crippen molar-refractivity contribution in [3.63, 3.8) is 0 Å². The molecule has 1 heterocycles. The van der Waals surface area contributed by atoms with Gasteiger partial charge in [0.2, 0.25) is 0 Å².